The number of aromatic nitrogens is 1. The minimum absolute atomic E-state index is 0.0474. The second-order valence-corrected chi connectivity index (χ2v) is 3.84. The molecule has 0 saturated carbocycles. The highest BCUT2D eigenvalue weighted by molar-refractivity contribution is 6.31. The van der Waals surface area contributed by atoms with Crippen molar-refractivity contribution in [1.82, 2.24) is 4.98 Å². The van der Waals surface area contributed by atoms with E-state index in [1.54, 1.807) is 0 Å². The number of carbonyl (C=O) groups excluding carboxylic acids is 1. The van der Waals surface area contributed by atoms with E-state index in [0.717, 1.165) is 0 Å². The third-order valence-electron chi connectivity index (χ3n) is 2.13. The van der Waals surface area contributed by atoms with E-state index in [0.29, 0.717) is 17.1 Å². The number of nitrogen functional groups attached to an aromatic ring is 1. The first-order valence-corrected chi connectivity index (χ1v) is 5.14. The lowest BCUT2D eigenvalue weighted by molar-refractivity contribution is 0.102. The van der Waals surface area contributed by atoms with Gasteiger partial charge in [0.1, 0.15) is 11.5 Å². The van der Waals surface area contributed by atoms with Crippen molar-refractivity contribution in [2.45, 2.75) is 0 Å². The van der Waals surface area contributed by atoms with E-state index in [4.69, 9.17) is 17.3 Å². The summed E-state index contributed by atoms with van der Waals surface area (Å²) >= 11 is 5.59. The molecule has 0 unspecified atom stereocenters. The zero-order chi connectivity index (χ0) is 12.4. The maximum Gasteiger partial charge on any atom is 0.272 e. The van der Waals surface area contributed by atoms with Gasteiger partial charge >= 0.3 is 0 Å². The van der Waals surface area contributed by atoms with Gasteiger partial charge in [0.2, 0.25) is 0 Å². The van der Waals surface area contributed by atoms with Crippen molar-refractivity contribution < 1.29 is 9.18 Å². The lowest BCUT2D eigenvalue weighted by Crippen LogP contribution is -2.12. The summed E-state index contributed by atoms with van der Waals surface area (Å²) in [5.41, 5.74) is 6.67. The molecule has 1 aromatic carbocycles. The summed E-state index contributed by atoms with van der Waals surface area (Å²) in [5.74, 6) is -0.904. The highest BCUT2D eigenvalue weighted by Gasteiger charge is 2.09. The van der Waals surface area contributed by atoms with E-state index in [9.17, 15) is 9.18 Å². The molecule has 17 heavy (non-hydrogen) atoms. The Morgan fingerprint density at radius 3 is 2.76 bits per heavy atom. The van der Waals surface area contributed by atoms with E-state index in [2.05, 4.69) is 10.3 Å². The average molecular weight is 254 g/mol. The minimum atomic E-state index is -0.534. The van der Waals surface area contributed by atoms with Crippen molar-refractivity contribution in [2.75, 3.05) is 11.1 Å². The Hall–Kier alpha value is -2.01. The van der Waals surface area contributed by atoms with Crippen LogP contribution in [0.3, 0.4) is 0 Å². The Balaban J connectivity index is 2.15. The number of anilines is 2. The number of nitrogens with one attached hydrogen (secondary N) is 2. The smallest absolute Gasteiger partial charge is 0.272 e. The van der Waals surface area contributed by atoms with Gasteiger partial charge in [-0.1, -0.05) is 11.6 Å². The van der Waals surface area contributed by atoms with Crippen LogP contribution in [-0.2, 0) is 0 Å². The van der Waals surface area contributed by atoms with Gasteiger partial charge in [0.25, 0.3) is 5.91 Å². The molecule has 0 aliphatic carbocycles. The maximum absolute atomic E-state index is 12.9. The standard InChI is InChI=1S/C11H9ClFN3O/c12-8-4-7(1-2-9(8)13)16-11(17)10-3-6(14)5-15-10/h1-5,15H,14H2,(H,16,17). The number of benzene rings is 1. The van der Waals surface area contributed by atoms with Crippen LogP contribution in [0.5, 0.6) is 0 Å². The van der Waals surface area contributed by atoms with Crippen molar-refractivity contribution in [2.24, 2.45) is 0 Å². The van der Waals surface area contributed by atoms with Gasteiger partial charge in [-0.05, 0) is 24.3 Å². The molecule has 4 N–H and O–H groups in total. The molecule has 6 heteroatoms. The lowest BCUT2D eigenvalue weighted by Gasteiger charge is -2.04. The predicted octanol–water partition coefficient (Wildman–Crippen LogP) is 2.64. The first-order chi connectivity index (χ1) is 8.06. The number of hydrogen-bond donors (Lipinski definition) is 3. The van der Waals surface area contributed by atoms with Crippen molar-refractivity contribution in [1.29, 1.82) is 0 Å². The molecular formula is C11H9ClFN3O. The van der Waals surface area contributed by atoms with Crippen molar-refractivity contribution >= 4 is 28.9 Å². The van der Waals surface area contributed by atoms with Gasteiger partial charge in [0.05, 0.1) is 5.02 Å². The van der Waals surface area contributed by atoms with E-state index >= 15 is 0 Å². The van der Waals surface area contributed by atoms with Crippen LogP contribution in [0, 0.1) is 5.82 Å². The fraction of sp³-hybridized carbons (Fsp3) is 0. The second-order valence-electron chi connectivity index (χ2n) is 3.43. The van der Waals surface area contributed by atoms with Gasteiger partial charge < -0.3 is 16.0 Å². The maximum atomic E-state index is 12.9. The van der Waals surface area contributed by atoms with Gasteiger partial charge in [-0.15, -0.1) is 0 Å². The number of nitrogens with two attached hydrogens (primary N) is 1. The molecule has 4 nitrogen and oxygen atoms in total. The summed E-state index contributed by atoms with van der Waals surface area (Å²) in [7, 11) is 0. The van der Waals surface area contributed by atoms with Crippen LogP contribution in [-0.4, -0.2) is 10.9 Å². The van der Waals surface area contributed by atoms with Crippen molar-refractivity contribution in [3.8, 4) is 0 Å². The van der Waals surface area contributed by atoms with Gasteiger partial charge in [0, 0.05) is 17.6 Å². The molecule has 0 bridgehead atoms. The number of hydrogen-bond acceptors (Lipinski definition) is 2. The summed E-state index contributed by atoms with van der Waals surface area (Å²) in [4.78, 5) is 14.4. The quantitative estimate of drug-likeness (QED) is 0.770. The molecule has 0 radical (unpaired) electrons. The number of carbonyl (C=O) groups is 1. The molecule has 1 heterocycles. The molecule has 1 aromatic heterocycles. The first kappa shape index (κ1) is 11.5. The monoisotopic (exact) mass is 253 g/mol. The summed E-state index contributed by atoms with van der Waals surface area (Å²) in [6, 6.07) is 5.44. The fourth-order valence-electron chi connectivity index (χ4n) is 1.31. The molecule has 0 spiro atoms. The Bertz CT molecular complexity index is 568. The molecule has 0 atom stereocenters. The Morgan fingerprint density at radius 2 is 2.18 bits per heavy atom. The van der Waals surface area contributed by atoms with Crippen LogP contribution in [0.25, 0.3) is 0 Å². The summed E-state index contributed by atoms with van der Waals surface area (Å²) in [5, 5.41) is 2.52. The highest BCUT2D eigenvalue weighted by Crippen LogP contribution is 2.19. The third kappa shape index (κ3) is 2.57. The van der Waals surface area contributed by atoms with Crippen LogP contribution in [0.1, 0.15) is 10.5 Å². The minimum Gasteiger partial charge on any atom is -0.397 e. The number of aromatic amines is 1. The zero-order valence-corrected chi connectivity index (χ0v) is 9.38. The molecule has 2 aromatic rings. The van der Waals surface area contributed by atoms with E-state index in [-0.39, 0.29) is 10.9 Å². The number of halogens is 2. The SMILES string of the molecule is Nc1c[nH]c(C(=O)Nc2ccc(F)c(Cl)c2)c1. The Labute approximate surface area is 102 Å². The topological polar surface area (TPSA) is 70.9 Å². The van der Waals surface area contributed by atoms with Crippen LogP contribution >= 0.6 is 11.6 Å². The average Bonchev–Trinajstić information content (AvgIpc) is 2.70. The molecule has 88 valence electrons. The van der Waals surface area contributed by atoms with Gasteiger partial charge in [0.15, 0.2) is 0 Å². The van der Waals surface area contributed by atoms with Crippen LogP contribution < -0.4 is 11.1 Å². The number of rotatable bonds is 2. The molecule has 0 fully saturated rings. The summed E-state index contributed by atoms with van der Waals surface area (Å²) in [6.45, 7) is 0. The van der Waals surface area contributed by atoms with Crippen molar-refractivity contribution in [3.05, 3.63) is 47.0 Å². The number of H-pyrrole nitrogens is 1. The van der Waals surface area contributed by atoms with Gasteiger partial charge in [-0.3, -0.25) is 4.79 Å². The normalized spacial score (nSPS) is 10.2. The molecule has 1 amide bonds. The Kier molecular flexibility index (Phi) is 3.01. The second kappa shape index (κ2) is 4.47. The molecule has 0 aliphatic heterocycles. The molecule has 2 rings (SSSR count). The van der Waals surface area contributed by atoms with Crippen molar-refractivity contribution in [3.63, 3.8) is 0 Å². The van der Waals surface area contributed by atoms with Crippen LogP contribution in [0.4, 0.5) is 15.8 Å². The third-order valence-corrected chi connectivity index (χ3v) is 2.42. The fourth-order valence-corrected chi connectivity index (χ4v) is 1.50. The van der Waals surface area contributed by atoms with Gasteiger partial charge in [-0.2, -0.15) is 0 Å². The van der Waals surface area contributed by atoms with Crippen LogP contribution in [0.15, 0.2) is 30.5 Å². The molecule has 0 saturated heterocycles. The Morgan fingerprint density at radius 1 is 1.41 bits per heavy atom. The highest BCUT2D eigenvalue weighted by atomic mass is 35.5. The molecule has 0 aliphatic rings. The van der Waals surface area contributed by atoms with E-state index in [1.165, 1.54) is 30.5 Å². The summed E-state index contributed by atoms with van der Waals surface area (Å²) in [6.07, 6.45) is 1.51. The lowest BCUT2D eigenvalue weighted by atomic mass is 10.3. The predicted molar refractivity (Wildman–Crippen MR) is 64.6 cm³/mol. The van der Waals surface area contributed by atoms with Gasteiger partial charge in [-0.25, -0.2) is 4.39 Å². The summed E-state index contributed by atoms with van der Waals surface area (Å²) < 4.78 is 12.9. The largest absolute Gasteiger partial charge is 0.397 e. The molecular weight excluding hydrogens is 245 g/mol. The zero-order valence-electron chi connectivity index (χ0n) is 8.63. The van der Waals surface area contributed by atoms with Crippen LogP contribution in [0.2, 0.25) is 5.02 Å². The first-order valence-electron chi connectivity index (χ1n) is 4.76. The van der Waals surface area contributed by atoms with E-state index in [1.807, 2.05) is 0 Å². The van der Waals surface area contributed by atoms with E-state index < -0.39 is 5.82 Å². The number of amides is 1.